The highest BCUT2D eigenvalue weighted by molar-refractivity contribution is 8.00. The Morgan fingerprint density at radius 1 is 0.550 bits per heavy atom. The molecule has 0 nitrogen and oxygen atoms in total. The maximum Gasteiger partial charge on any atom is 0.157 e. The van der Waals surface area contributed by atoms with E-state index >= 15 is 0 Å². The van der Waals surface area contributed by atoms with Gasteiger partial charge in [0.2, 0.25) is 0 Å². The lowest BCUT2D eigenvalue weighted by molar-refractivity contribution is 1.43. The fourth-order valence-electron chi connectivity index (χ4n) is 2.70. The lowest BCUT2D eigenvalue weighted by atomic mass is 10.3. The van der Waals surface area contributed by atoms with Gasteiger partial charge in [0.05, 0.1) is 0 Å². The Balaban J connectivity index is 1.98. The summed E-state index contributed by atoms with van der Waals surface area (Å²) in [7, 11) is -0.860. The summed E-state index contributed by atoms with van der Waals surface area (Å²) in [4.78, 5) is 2.84. The molecule has 0 saturated heterocycles. The SMILES string of the molecule is c1ccc([Si]2c3ccccc3Sc3ccccc32)cc1. The summed E-state index contributed by atoms with van der Waals surface area (Å²) in [5, 5.41) is 4.51. The lowest BCUT2D eigenvalue weighted by Gasteiger charge is -2.26. The van der Waals surface area contributed by atoms with Crippen LogP contribution in [0.1, 0.15) is 0 Å². The molecule has 0 saturated carbocycles. The normalized spacial score (nSPS) is 13.6. The average molecular weight is 289 g/mol. The molecule has 1 aliphatic heterocycles. The number of rotatable bonds is 1. The predicted molar refractivity (Wildman–Crippen MR) is 88.1 cm³/mol. The maximum atomic E-state index is 2.31. The van der Waals surface area contributed by atoms with Crippen molar-refractivity contribution in [3.63, 3.8) is 0 Å². The zero-order chi connectivity index (χ0) is 13.4. The van der Waals surface area contributed by atoms with Crippen molar-refractivity contribution in [3.05, 3.63) is 78.9 Å². The van der Waals surface area contributed by atoms with Crippen LogP contribution < -0.4 is 15.6 Å². The van der Waals surface area contributed by atoms with Crippen molar-refractivity contribution >= 4 is 36.1 Å². The zero-order valence-electron chi connectivity index (χ0n) is 10.9. The Morgan fingerprint density at radius 2 is 1.05 bits per heavy atom. The summed E-state index contributed by atoms with van der Waals surface area (Å²) in [5.74, 6) is 0. The average Bonchev–Trinajstić information content (AvgIpc) is 2.53. The molecule has 0 unspecified atom stereocenters. The van der Waals surface area contributed by atoms with Gasteiger partial charge in [-0.15, -0.1) is 0 Å². The van der Waals surface area contributed by atoms with Gasteiger partial charge in [-0.3, -0.25) is 0 Å². The molecule has 0 spiro atoms. The van der Waals surface area contributed by atoms with Gasteiger partial charge >= 0.3 is 0 Å². The van der Waals surface area contributed by atoms with Crippen molar-refractivity contribution in [2.75, 3.05) is 0 Å². The maximum absolute atomic E-state index is 2.31. The van der Waals surface area contributed by atoms with Crippen molar-refractivity contribution < 1.29 is 0 Å². The smallest absolute Gasteiger partial charge is 0.0903 e. The number of fused-ring (bicyclic) bond motifs is 2. The minimum Gasteiger partial charge on any atom is -0.0903 e. The molecule has 0 aliphatic carbocycles. The van der Waals surface area contributed by atoms with E-state index in [4.69, 9.17) is 0 Å². The van der Waals surface area contributed by atoms with E-state index < -0.39 is 8.80 Å². The number of hydrogen-bond donors (Lipinski definition) is 0. The first kappa shape index (κ1) is 12.0. The van der Waals surface area contributed by atoms with Crippen molar-refractivity contribution in [2.24, 2.45) is 0 Å². The summed E-state index contributed by atoms with van der Waals surface area (Å²) in [5.41, 5.74) is 0. The van der Waals surface area contributed by atoms with Gasteiger partial charge in [0, 0.05) is 9.79 Å². The van der Waals surface area contributed by atoms with E-state index in [1.54, 1.807) is 0 Å². The molecule has 0 amide bonds. The standard InChI is InChI=1S/C18H13SSi/c1-2-8-14(9-3-1)20-17-12-6-4-10-15(17)19-16-11-5-7-13-18(16)20/h1-13H. The molecule has 1 heterocycles. The van der Waals surface area contributed by atoms with E-state index in [0.717, 1.165) is 0 Å². The molecule has 4 rings (SSSR count). The van der Waals surface area contributed by atoms with E-state index in [2.05, 4.69) is 78.9 Å². The molecule has 95 valence electrons. The number of hydrogen-bond acceptors (Lipinski definition) is 1. The highest BCUT2D eigenvalue weighted by Gasteiger charge is 2.28. The van der Waals surface area contributed by atoms with Crippen LogP contribution in [-0.4, -0.2) is 8.80 Å². The summed E-state index contributed by atoms with van der Waals surface area (Å²) < 4.78 is 0. The van der Waals surface area contributed by atoms with Crippen molar-refractivity contribution in [3.8, 4) is 0 Å². The molecule has 0 bridgehead atoms. The summed E-state index contributed by atoms with van der Waals surface area (Å²) in [6.07, 6.45) is 0. The van der Waals surface area contributed by atoms with E-state index in [-0.39, 0.29) is 0 Å². The van der Waals surface area contributed by atoms with Gasteiger partial charge in [-0.2, -0.15) is 0 Å². The third kappa shape index (κ3) is 1.92. The van der Waals surface area contributed by atoms with Gasteiger partial charge in [-0.05, 0) is 22.5 Å². The topological polar surface area (TPSA) is 0 Å². The molecule has 3 aromatic rings. The second-order valence-corrected chi connectivity index (χ2v) is 8.32. The zero-order valence-corrected chi connectivity index (χ0v) is 12.7. The van der Waals surface area contributed by atoms with Crippen LogP contribution in [0.15, 0.2) is 88.7 Å². The largest absolute Gasteiger partial charge is 0.157 e. The molecule has 1 aliphatic rings. The van der Waals surface area contributed by atoms with Crippen LogP contribution in [0.4, 0.5) is 0 Å². The van der Waals surface area contributed by atoms with Crippen LogP contribution in [0.5, 0.6) is 0 Å². The van der Waals surface area contributed by atoms with Crippen molar-refractivity contribution in [2.45, 2.75) is 9.79 Å². The monoisotopic (exact) mass is 289 g/mol. The summed E-state index contributed by atoms with van der Waals surface area (Å²) >= 11 is 1.91. The van der Waals surface area contributed by atoms with Crippen LogP contribution in [-0.2, 0) is 0 Å². The number of benzene rings is 3. The van der Waals surface area contributed by atoms with Gasteiger partial charge in [0.25, 0.3) is 0 Å². The van der Waals surface area contributed by atoms with E-state index in [9.17, 15) is 0 Å². The van der Waals surface area contributed by atoms with Crippen molar-refractivity contribution in [1.29, 1.82) is 0 Å². The Hall–Kier alpha value is -1.77. The Morgan fingerprint density at radius 3 is 1.65 bits per heavy atom. The molecule has 2 heteroatoms. The van der Waals surface area contributed by atoms with Gasteiger partial charge in [0.1, 0.15) is 0 Å². The van der Waals surface area contributed by atoms with Crippen LogP contribution in [0.2, 0.25) is 0 Å². The third-order valence-electron chi connectivity index (χ3n) is 3.60. The highest BCUT2D eigenvalue weighted by atomic mass is 32.2. The summed E-state index contributed by atoms with van der Waals surface area (Å²) in [6.45, 7) is 0. The molecule has 0 aromatic heterocycles. The van der Waals surface area contributed by atoms with Gasteiger partial charge in [-0.1, -0.05) is 83.7 Å². The van der Waals surface area contributed by atoms with Crippen LogP contribution in [0, 0.1) is 0 Å². The Labute approximate surface area is 125 Å². The lowest BCUT2D eigenvalue weighted by Crippen LogP contribution is -2.55. The van der Waals surface area contributed by atoms with Crippen molar-refractivity contribution in [1.82, 2.24) is 0 Å². The van der Waals surface area contributed by atoms with E-state index in [0.29, 0.717) is 0 Å². The molecule has 0 atom stereocenters. The second-order valence-electron chi connectivity index (χ2n) is 4.84. The minimum absolute atomic E-state index is 0.860. The van der Waals surface area contributed by atoms with Crippen LogP contribution in [0.3, 0.4) is 0 Å². The first-order valence-electron chi connectivity index (χ1n) is 6.72. The molecular formula is C18H13SSi. The second kappa shape index (κ2) is 4.96. The minimum atomic E-state index is -0.860. The molecular weight excluding hydrogens is 276 g/mol. The van der Waals surface area contributed by atoms with Crippen LogP contribution in [0.25, 0.3) is 0 Å². The van der Waals surface area contributed by atoms with Crippen LogP contribution >= 0.6 is 11.8 Å². The van der Waals surface area contributed by atoms with Gasteiger partial charge in [0.15, 0.2) is 8.80 Å². The fourth-order valence-corrected chi connectivity index (χ4v) is 7.13. The molecule has 1 radical (unpaired) electrons. The molecule has 3 aromatic carbocycles. The predicted octanol–water partition coefficient (Wildman–Crippen LogP) is 2.67. The van der Waals surface area contributed by atoms with Gasteiger partial charge < -0.3 is 0 Å². The van der Waals surface area contributed by atoms with E-state index in [1.165, 1.54) is 25.4 Å². The summed E-state index contributed by atoms with van der Waals surface area (Å²) in [6, 6.07) is 28.7. The fraction of sp³-hybridized carbons (Fsp3) is 0. The molecule has 0 fully saturated rings. The quantitative estimate of drug-likeness (QED) is 0.486. The van der Waals surface area contributed by atoms with Gasteiger partial charge in [-0.25, -0.2) is 0 Å². The molecule has 0 N–H and O–H groups in total. The third-order valence-corrected chi connectivity index (χ3v) is 7.97. The Kier molecular flexibility index (Phi) is 2.98. The Bertz CT molecular complexity index is 707. The highest BCUT2D eigenvalue weighted by Crippen LogP contribution is 2.29. The first-order valence-corrected chi connectivity index (χ1v) is 9.04. The first-order chi connectivity index (χ1) is 9.93. The van der Waals surface area contributed by atoms with E-state index in [1.807, 2.05) is 11.8 Å². The molecule has 20 heavy (non-hydrogen) atoms.